The molecule has 0 heterocycles. The predicted molar refractivity (Wildman–Crippen MR) is 52.0 cm³/mol. The Kier molecular flexibility index (Phi) is 3.66. The normalized spacial score (nSPS) is 12.9. The third kappa shape index (κ3) is 2.66. The number of hydrogen-bond donors (Lipinski definition) is 2. The maximum Gasteiger partial charge on any atom is 0.129 e. The average Bonchev–Trinajstić information content (AvgIpc) is 2.04. The lowest BCUT2D eigenvalue weighted by Crippen LogP contribution is -2.16. The summed E-state index contributed by atoms with van der Waals surface area (Å²) >= 11 is 5.59. The van der Waals surface area contributed by atoms with E-state index in [2.05, 4.69) is 0 Å². The fourth-order valence-corrected chi connectivity index (χ4v) is 1.30. The minimum absolute atomic E-state index is 0.345. The Bertz CT molecular complexity index is 291. The molecule has 0 amide bonds. The van der Waals surface area contributed by atoms with Gasteiger partial charge in [0.2, 0.25) is 0 Å². The van der Waals surface area contributed by atoms with Crippen LogP contribution >= 0.6 is 11.6 Å². The fourth-order valence-electron chi connectivity index (χ4n) is 1.14. The first-order chi connectivity index (χ1) is 6.15. The van der Waals surface area contributed by atoms with E-state index in [4.69, 9.17) is 23.1 Å². The van der Waals surface area contributed by atoms with Gasteiger partial charge < -0.3 is 11.5 Å². The number of hydrogen-bond acceptors (Lipinski definition) is 2. The van der Waals surface area contributed by atoms with Crippen LogP contribution in [0.1, 0.15) is 18.0 Å². The minimum atomic E-state index is -0.367. The summed E-state index contributed by atoms with van der Waals surface area (Å²) in [6.45, 7) is 0.448. The van der Waals surface area contributed by atoms with Crippen LogP contribution in [0.25, 0.3) is 0 Å². The lowest BCUT2D eigenvalue weighted by molar-refractivity contribution is 0.567. The van der Waals surface area contributed by atoms with Crippen LogP contribution in [0.2, 0.25) is 5.02 Å². The smallest absolute Gasteiger partial charge is 0.129 e. The molecule has 0 saturated carbocycles. The lowest BCUT2D eigenvalue weighted by Gasteiger charge is -2.11. The summed E-state index contributed by atoms with van der Waals surface area (Å²) in [5.41, 5.74) is 11.5. The van der Waals surface area contributed by atoms with Crippen molar-refractivity contribution in [3.05, 3.63) is 34.6 Å². The minimum Gasteiger partial charge on any atom is -0.330 e. The third-order valence-corrected chi connectivity index (χ3v) is 2.07. The van der Waals surface area contributed by atoms with Crippen LogP contribution in [0.3, 0.4) is 0 Å². The first kappa shape index (κ1) is 10.4. The Morgan fingerprint density at radius 1 is 1.46 bits per heavy atom. The number of halogens is 2. The molecule has 0 aromatic heterocycles. The third-order valence-electron chi connectivity index (χ3n) is 1.84. The van der Waals surface area contributed by atoms with Crippen LogP contribution in [0.15, 0.2) is 18.2 Å². The van der Waals surface area contributed by atoms with Gasteiger partial charge in [0.1, 0.15) is 5.82 Å². The Labute approximate surface area is 81.7 Å². The van der Waals surface area contributed by atoms with Crippen molar-refractivity contribution in [1.82, 2.24) is 0 Å². The van der Waals surface area contributed by atoms with E-state index in [0.29, 0.717) is 23.6 Å². The largest absolute Gasteiger partial charge is 0.330 e. The average molecular weight is 203 g/mol. The zero-order valence-electron chi connectivity index (χ0n) is 7.13. The van der Waals surface area contributed by atoms with Gasteiger partial charge in [-0.2, -0.15) is 0 Å². The molecule has 1 aromatic carbocycles. The molecule has 4 heteroatoms. The highest BCUT2D eigenvalue weighted by molar-refractivity contribution is 6.30. The summed E-state index contributed by atoms with van der Waals surface area (Å²) in [6.07, 6.45) is 0.568. The highest BCUT2D eigenvalue weighted by Crippen LogP contribution is 2.20. The van der Waals surface area contributed by atoms with E-state index < -0.39 is 0 Å². The van der Waals surface area contributed by atoms with Gasteiger partial charge in [0, 0.05) is 16.6 Å². The fraction of sp³-hybridized carbons (Fsp3) is 0.333. The molecule has 1 atom stereocenters. The molecule has 1 unspecified atom stereocenters. The number of benzene rings is 1. The van der Waals surface area contributed by atoms with Crippen LogP contribution in [0, 0.1) is 5.82 Å². The molecular weight excluding hydrogens is 191 g/mol. The second kappa shape index (κ2) is 4.56. The van der Waals surface area contributed by atoms with Crippen LogP contribution in [-0.2, 0) is 0 Å². The highest BCUT2D eigenvalue weighted by atomic mass is 35.5. The van der Waals surface area contributed by atoms with Gasteiger partial charge in [-0.25, -0.2) is 4.39 Å². The van der Waals surface area contributed by atoms with Crippen molar-refractivity contribution in [3.63, 3.8) is 0 Å². The van der Waals surface area contributed by atoms with E-state index in [9.17, 15) is 4.39 Å². The summed E-state index contributed by atoms with van der Waals surface area (Å²) in [5.74, 6) is -0.367. The van der Waals surface area contributed by atoms with E-state index in [1.165, 1.54) is 6.07 Å². The summed E-state index contributed by atoms with van der Waals surface area (Å²) in [5, 5.41) is 0.376. The highest BCUT2D eigenvalue weighted by Gasteiger charge is 2.10. The molecule has 0 spiro atoms. The van der Waals surface area contributed by atoms with Gasteiger partial charge in [0.15, 0.2) is 0 Å². The summed E-state index contributed by atoms with van der Waals surface area (Å²) in [7, 11) is 0. The molecule has 0 aliphatic heterocycles. The standard InChI is InChI=1S/C9H12ClFN2/c10-6-1-2-7(8(11)5-6)9(13)3-4-12/h1-2,5,9H,3-4,12-13H2. The lowest BCUT2D eigenvalue weighted by atomic mass is 10.0. The molecule has 0 radical (unpaired) electrons. The van der Waals surface area contributed by atoms with Crippen molar-refractivity contribution in [2.24, 2.45) is 11.5 Å². The zero-order chi connectivity index (χ0) is 9.84. The molecule has 0 aliphatic carbocycles. The second-order valence-electron chi connectivity index (χ2n) is 2.85. The van der Waals surface area contributed by atoms with E-state index in [1.54, 1.807) is 12.1 Å². The van der Waals surface area contributed by atoms with Crippen molar-refractivity contribution in [1.29, 1.82) is 0 Å². The van der Waals surface area contributed by atoms with Crippen molar-refractivity contribution < 1.29 is 4.39 Å². The van der Waals surface area contributed by atoms with Crippen LogP contribution in [-0.4, -0.2) is 6.54 Å². The SMILES string of the molecule is NCCC(N)c1ccc(Cl)cc1F. The molecule has 0 fully saturated rings. The van der Waals surface area contributed by atoms with E-state index in [0.717, 1.165) is 0 Å². The molecule has 0 saturated heterocycles. The van der Waals surface area contributed by atoms with E-state index >= 15 is 0 Å². The molecule has 1 aromatic rings. The number of nitrogens with two attached hydrogens (primary N) is 2. The first-order valence-electron chi connectivity index (χ1n) is 4.05. The molecule has 2 nitrogen and oxygen atoms in total. The molecule has 0 bridgehead atoms. The monoisotopic (exact) mass is 202 g/mol. The van der Waals surface area contributed by atoms with Gasteiger partial charge in [0.05, 0.1) is 0 Å². The van der Waals surface area contributed by atoms with Crippen molar-refractivity contribution in [2.75, 3.05) is 6.54 Å². The molecule has 72 valence electrons. The Morgan fingerprint density at radius 2 is 2.15 bits per heavy atom. The van der Waals surface area contributed by atoms with Gasteiger partial charge >= 0.3 is 0 Å². The Hall–Kier alpha value is -0.640. The quantitative estimate of drug-likeness (QED) is 0.786. The van der Waals surface area contributed by atoms with Gasteiger partial charge in [-0.1, -0.05) is 17.7 Å². The van der Waals surface area contributed by atoms with Gasteiger partial charge in [-0.15, -0.1) is 0 Å². The summed E-state index contributed by atoms with van der Waals surface area (Å²) < 4.78 is 13.2. The van der Waals surface area contributed by atoms with Gasteiger partial charge in [-0.05, 0) is 25.1 Å². The van der Waals surface area contributed by atoms with Gasteiger partial charge in [-0.3, -0.25) is 0 Å². The number of rotatable bonds is 3. The Morgan fingerprint density at radius 3 is 2.69 bits per heavy atom. The van der Waals surface area contributed by atoms with Crippen molar-refractivity contribution >= 4 is 11.6 Å². The van der Waals surface area contributed by atoms with Crippen molar-refractivity contribution in [2.45, 2.75) is 12.5 Å². The molecule has 0 aliphatic rings. The van der Waals surface area contributed by atoms with Crippen LogP contribution in [0.5, 0.6) is 0 Å². The molecule has 4 N–H and O–H groups in total. The maximum absolute atomic E-state index is 13.2. The summed E-state index contributed by atoms with van der Waals surface area (Å²) in [4.78, 5) is 0. The van der Waals surface area contributed by atoms with Gasteiger partial charge in [0.25, 0.3) is 0 Å². The molecular formula is C9H12ClFN2. The second-order valence-corrected chi connectivity index (χ2v) is 3.29. The first-order valence-corrected chi connectivity index (χ1v) is 4.43. The molecule has 1 rings (SSSR count). The van der Waals surface area contributed by atoms with Crippen LogP contribution in [0.4, 0.5) is 4.39 Å². The maximum atomic E-state index is 13.2. The Balaban J connectivity index is 2.88. The van der Waals surface area contributed by atoms with E-state index in [1.807, 2.05) is 0 Å². The summed E-state index contributed by atoms with van der Waals surface area (Å²) in [6, 6.07) is 4.13. The van der Waals surface area contributed by atoms with Crippen LogP contribution < -0.4 is 11.5 Å². The topological polar surface area (TPSA) is 52.0 Å². The predicted octanol–water partition coefficient (Wildman–Crippen LogP) is 1.83. The molecule has 13 heavy (non-hydrogen) atoms. The van der Waals surface area contributed by atoms with E-state index in [-0.39, 0.29) is 11.9 Å². The zero-order valence-corrected chi connectivity index (χ0v) is 7.89. The van der Waals surface area contributed by atoms with Crippen molar-refractivity contribution in [3.8, 4) is 0 Å².